The number of imidazole rings is 1. The first kappa shape index (κ1) is 20.4. The minimum atomic E-state index is -0.879. The van der Waals surface area contributed by atoms with Crippen molar-refractivity contribution in [1.29, 1.82) is 0 Å². The maximum Gasteiger partial charge on any atom is 0.326 e. The Morgan fingerprint density at radius 1 is 1.10 bits per heavy atom. The van der Waals surface area contributed by atoms with Crippen molar-refractivity contribution < 1.29 is 13.6 Å². The number of nitrogens with zero attached hydrogens (tertiary/aromatic N) is 3. The van der Waals surface area contributed by atoms with Crippen molar-refractivity contribution in [3.8, 4) is 10.6 Å². The lowest BCUT2D eigenvalue weighted by atomic mass is 10.2. The number of rotatable bonds is 5. The Bertz CT molecular complexity index is 1250. The third-order valence-corrected chi connectivity index (χ3v) is 5.24. The Morgan fingerprint density at radius 3 is 2.61 bits per heavy atom. The van der Waals surface area contributed by atoms with E-state index in [0.717, 1.165) is 27.5 Å². The summed E-state index contributed by atoms with van der Waals surface area (Å²) in [4.78, 5) is 18.9. The minimum absolute atomic E-state index is 0.147. The van der Waals surface area contributed by atoms with E-state index in [1.807, 2.05) is 49.4 Å². The van der Waals surface area contributed by atoms with Crippen LogP contribution in [0, 0.1) is 18.6 Å². The summed E-state index contributed by atoms with van der Waals surface area (Å²) in [6.07, 6.45) is 3.33. The molecule has 0 aliphatic carbocycles. The van der Waals surface area contributed by atoms with Crippen LogP contribution in [0.1, 0.15) is 10.4 Å². The number of nitrogens with one attached hydrogen (secondary N) is 2. The van der Waals surface area contributed by atoms with Crippen LogP contribution in [0.25, 0.3) is 10.6 Å². The van der Waals surface area contributed by atoms with Gasteiger partial charge in [-0.3, -0.25) is 5.32 Å². The first-order valence-corrected chi connectivity index (χ1v) is 10.1. The second-order valence-corrected chi connectivity index (χ2v) is 7.85. The number of hydrogen-bond acceptors (Lipinski definition) is 4. The third-order valence-electron chi connectivity index (χ3n) is 4.22. The SMILES string of the molecule is Cc1ccc(-c2cn(/N=C\c3ccccc3)c(NC(=O)Nc3ccc(F)cc3F)n2)s1. The molecular formula is C22H17F2N5OS. The second-order valence-electron chi connectivity index (χ2n) is 6.56. The molecule has 0 aliphatic rings. The van der Waals surface area contributed by atoms with E-state index >= 15 is 0 Å². The van der Waals surface area contributed by atoms with Gasteiger partial charge in [0.05, 0.1) is 23.0 Å². The molecule has 0 aliphatic heterocycles. The van der Waals surface area contributed by atoms with E-state index in [4.69, 9.17) is 0 Å². The summed E-state index contributed by atoms with van der Waals surface area (Å²) in [5.41, 5.74) is 1.35. The predicted molar refractivity (Wildman–Crippen MR) is 119 cm³/mol. The standard InChI is InChI=1S/C22H17F2N5OS/c1-14-7-10-20(31-14)19-13-29(25-12-15-5-3-2-4-6-15)21(26-19)28-22(30)27-18-9-8-16(23)11-17(18)24/h2-13H,1H3,(H2,26,27,28,30)/b25-12-. The molecule has 0 bridgehead atoms. The second kappa shape index (κ2) is 8.88. The van der Waals surface area contributed by atoms with Gasteiger partial charge in [-0.05, 0) is 36.8 Å². The molecule has 0 unspecified atom stereocenters. The van der Waals surface area contributed by atoms with E-state index in [2.05, 4.69) is 20.7 Å². The number of halogens is 2. The molecule has 2 heterocycles. The van der Waals surface area contributed by atoms with Crippen molar-refractivity contribution in [2.75, 3.05) is 10.6 Å². The minimum Gasteiger partial charge on any atom is -0.305 e. The number of aromatic nitrogens is 2. The Labute approximate surface area is 180 Å². The number of hydrogen-bond donors (Lipinski definition) is 2. The van der Waals surface area contributed by atoms with Crippen molar-refractivity contribution in [3.63, 3.8) is 0 Å². The average Bonchev–Trinajstić information content (AvgIpc) is 3.35. The van der Waals surface area contributed by atoms with Crippen LogP contribution in [0.3, 0.4) is 0 Å². The van der Waals surface area contributed by atoms with Crippen LogP contribution >= 0.6 is 11.3 Å². The maximum atomic E-state index is 13.8. The van der Waals surface area contributed by atoms with Gasteiger partial charge in [-0.1, -0.05) is 30.3 Å². The number of amides is 2. The zero-order valence-electron chi connectivity index (χ0n) is 16.3. The molecule has 0 radical (unpaired) electrons. The van der Waals surface area contributed by atoms with Crippen LogP contribution in [0.2, 0.25) is 0 Å². The maximum absolute atomic E-state index is 13.8. The topological polar surface area (TPSA) is 71.3 Å². The van der Waals surface area contributed by atoms with Gasteiger partial charge >= 0.3 is 6.03 Å². The molecule has 4 rings (SSSR count). The van der Waals surface area contributed by atoms with Crippen LogP contribution < -0.4 is 10.6 Å². The Balaban J connectivity index is 1.60. The van der Waals surface area contributed by atoms with Gasteiger partial charge < -0.3 is 5.32 Å². The largest absolute Gasteiger partial charge is 0.326 e. The summed E-state index contributed by atoms with van der Waals surface area (Å²) in [6.45, 7) is 1.99. The molecule has 6 nitrogen and oxygen atoms in total. The van der Waals surface area contributed by atoms with Crippen molar-refractivity contribution in [2.24, 2.45) is 5.10 Å². The molecule has 9 heteroatoms. The number of aryl methyl sites for hydroxylation is 1. The monoisotopic (exact) mass is 437 g/mol. The highest BCUT2D eigenvalue weighted by atomic mass is 32.1. The number of urea groups is 1. The van der Waals surface area contributed by atoms with Crippen molar-refractivity contribution in [1.82, 2.24) is 9.66 Å². The summed E-state index contributed by atoms with van der Waals surface area (Å²) < 4.78 is 28.3. The van der Waals surface area contributed by atoms with Gasteiger partial charge in [-0.25, -0.2) is 23.2 Å². The molecule has 4 aromatic rings. The number of thiophene rings is 1. The quantitative estimate of drug-likeness (QED) is 0.392. The molecular weight excluding hydrogens is 420 g/mol. The lowest BCUT2D eigenvalue weighted by Gasteiger charge is -2.08. The summed E-state index contributed by atoms with van der Waals surface area (Å²) in [5.74, 6) is -1.46. The molecule has 0 saturated carbocycles. The van der Waals surface area contributed by atoms with Gasteiger partial charge in [0, 0.05) is 10.9 Å². The zero-order chi connectivity index (χ0) is 21.8. The van der Waals surface area contributed by atoms with E-state index in [-0.39, 0.29) is 11.6 Å². The lowest BCUT2D eigenvalue weighted by molar-refractivity contribution is 0.262. The Morgan fingerprint density at radius 2 is 1.90 bits per heavy atom. The van der Waals surface area contributed by atoms with Crippen LogP contribution in [0.15, 0.2) is 72.0 Å². The van der Waals surface area contributed by atoms with Crippen molar-refractivity contribution >= 4 is 35.2 Å². The fraction of sp³-hybridized carbons (Fsp3) is 0.0455. The highest BCUT2D eigenvalue weighted by Gasteiger charge is 2.15. The molecule has 2 aromatic heterocycles. The smallest absolute Gasteiger partial charge is 0.305 e. The van der Waals surface area contributed by atoms with Gasteiger partial charge in [0.15, 0.2) is 0 Å². The number of benzene rings is 2. The summed E-state index contributed by atoms with van der Waals surface area (Å²) in [6, 6.07) is 15.5. The molecule has 2 N–H and O–H groups in total. The highest BCUT2D eigenvalue weighted by molar-refractivity contribution is 7.15. The van der Waals surface area contributed by atoms with Gasteiger partial charge in [-0.15, -0.1) is 11.3 Å². The van der Waals surface area contributed by atoms with E-state index < -0.39 is 17.7 Å². The lowest BCUT2D eigenvalue weighted by Crippen LogP contribution is -2.22. The highest BCUT2D eigenvalue weighted by Crippen LogP contribution is 2.28. The molecule has 2 aromatic carbocycles. The Kier molecular flexibility index (Phi) is 5.85. The normalized spacial score (nSPS) is 11.1. The molecule has 0 atom stereocenters. The molecule has 0 fully saturated rings. The summed E-state index contributed by atoms with van der Waals surface area (Å²) in [5, 5.41) is 9.30. The van der Waals surface area contributed by atoms with Crippen LogP contribution in [-0.4, -0.2) is 21.9 Å². The fourth-order valence-corrected chi connectivity index (χ4v) is 3.57. The van der Waals surface area contributed by atoms with Crippen LogP contribution in [0.5, 0.6) is 0 Å². The van der Waals surface area contributed by atoms with Crippen molar-refractivity contribution in [2.45, 2.75) is 6.92 Å². The number of carbonyl (C=O) groups excluding carboxylic acids is 1. The summed E-state index contributed by atoms with van der Waals surface area (Å²) in [7, 11) is 0. The molecule has 2 amide bonds. The van der Waals surface area contributed by atoms with Crippen LogP contribution in [0.4, 0.5) is 25.2 Å². The van der Waals surface area contributed by atoms with Gasteiger partial charge in [0.2, 0.25) is 5.95 Å². The summed E-state index contributed by atoms with van der Waals surface area (Å²) >= 11 is 1.56. The molecule has 31 heavy (non-hydrogen) atoms. The van der Waals surface area contributed by atoms with Gasteiger partial charge in [0.25, 0.3) is 0 Å². The fourth-order valence-electron chi connectivity index (χ4n) is 2.75. The third kappa shape index (κ3) is 5.01. The Hall–Kier alpha value is -3.85. The number of carbonyl (C=O) groups is 1. The predicted octanol–water partition coefficient (Wildman–Crippen LogP) is 5.72. The van der Waals surface area contributed by atoms with Crippen molar-refractivity contribution in [3.05, 3.63) is 88.9 Å². The van der Waals surface area contributed by atoms with E-state index in [1.165, 1.54) is 4.68 Å². The zero-order valence-corrected chi connectivity index (χ0v) is 17.2. The first-order valence-electron chi connectivity index (χ1n) is 9.26. The van der Waals surface area contributed by atoms with E-state index in [1.54, 1.807) is 23.7 Å². The first-order chi connectivity index (χ1) is 15.0. The van der Waals surface area contributed by atoms with Crippen LogP contribution in [-0.2, 0) is 0 Å². The molecule has 0 spiro atoms. The molecule has 156 valence electrons. The van der Waals surface area contributed by atoms with E-state index in [0.29, 0.717) is 11.8 Å². The number of anilines is 2. The molecule has 0 saturated heterocycles. The average molecular weight is 437 g/mol. The van der Waals surface area contributed by atoms with Gasteiger partial charge in [0.1, 0.15) is 17.3 Å². The van der Waals surface area contributed by atoms with E-state index in [9.17, 15) is 13.6 Å². The van der Waals surface area contributed by atoms with Gasteiger partial charge in [-0.2, -0.15) is 5.10 Å².